The van der Waals surface area contributed by atoms with Gasteiger partial charge in [0.05, 0.1) is 11.8 Å². The van der Waals surface area contributed by atoms with E-state index in [1.807, 2.05) is 18.5 Å². The van der Waals surface area contributed by atoms with Gasteiger partial charge in [-0.2, -0.15) is 5.10 Å². The number of fused-ring (bicyclic) bond motifs is 4. The van der Waals surface area contributed by atoms with Gasteiger partial charge in [0.15, 0.2) is 0 Å². The van der Waals surface area contributed by atoms with E-state index in [0.29, 0.717) is 6.04 Å². The number of hydrogen-bond donors (Lipinski definition) is 0. The maximum atomic E-state index is 6.70. The summed E-state index contributed by atoms with van der Waals surface area (Å²) >= 11 is 3.63. The highest BCUT2D eigenvalue weighted by atomic mass is 79.9. The van der Waals surface area contributed by atoms with Crippen LogP contribution in [0.4, 0.5) is 0 Å². The van der Waals surface area contributed by atoms with E-state index in [0.717, 1.165) is 53.8 Å². The van der Waals surface area contributed by atoms with Crippen molar-refractivity contribution >= 4 is 21.6 Å². The molecule has 146 valence electrons. The molecular weight excluding hydrogens is 416 g/mol. The zero-order valence-corrected chi connectivity index (χ0v) is 17.9. The van der Waals surface area contributed by atoms with Crippen molar-refractivity contribution < 1.29 is 4.74 Å². The van der Waals surface area contributed by atoms with Crippen molar-refractivity contribution in [2.75, 3.05) is 13.1 Å². The van der Waals surface area contributed by atoms with Crippen LogP contribution in [0.3, 0.4) is 0 Å². The van der Waals surface area contributed by atoms with Crippen molar-refractivity contribution in [3.05, 3.63) is 58.3 Å². The van der Waals surface area contributed by atoms with E-state index < -0.39 is 0 Å². The third kappa shape index (κ3) is 2.94. The molecule has 1 saturated heterocycles. The van der Waals surface area contributed by atoms with E-state index in [-0.39, 0.29) is 11.8 Å². The van der Waals surface area contributed by atoms with Crippen molar-refractivity contribution in [3.63, 3.8) is 0 Å². The van der Waals surface area contributed by atoms with Crippen molar-refractivity contribution in [1.29, 1.82) is 0 Å². The Morgan fingerprint density at radius 2 is 2.04 bits per heavy atom. The predicted molar refractivity (Wildman–Crippen MR) is 113 cm³/mol. The van der Waals surface area contributed by atoms with Gasteiger partial charge in [-0.25, -0.2) is 5.01 Å². The topological polar surface area (TPSA) is 41.0 Å². The third-order valence-corrected chi connectivity index (χ3v) is 6.76. The summed E-state index contributed by atoms with van der Waals surface area (Å²) < 4.78 is 7.78. The fraction of sp³-hybridized carbons (Fsp3) is 0.455. The van der Waals surface area contributed by atoms with Crippen LogP contribution in [0.15, 0.2) is 52.3 Å². The number of pyridine rings is 1. The molecule has 3 aliphatic rings. The summed E-state index contributed by atoms with van der Waals surface area (Å²) in [5.41, 5.74) is 3.05. The fourth-order valence-electron chi connectivity index (χ4n) is 4.68. The van der Waals surface area contributed by atoms with Crippen molar-refractivity contribution in [2.24, 2.45) is 5.10 Å². The highest BCUT2D eigenvalue weighted by Crippen LogP contribution is 2.50. The molecule has 0 N–H and O–H groups in total. The summed E-state index contributed by atoms with van der Waals surface area (Å²) in [5, 5.41) is 7.37. The van der Waals surface area contributed by atoms with Crippen LogP contribution >= 0.6 is 15.9 Å². The maximum absolute atomic E-state index is 6.70. The molecule has 3 aliphatic heterocycles. The normalized spacial score (nSPS) is 23.4. The Morgan fingerprint density at radius 1 is 1.21 bits per heavy atom. The van der Waals surface area contributed by atoms with Gasteiger partial charge in [-0.3, -0.25) is 4.98 Å². The maximum Gasteiger partial charge on any atom is 0.200 e. The molecule has 6 heteroatoms. The minimum Gasteiger partial charge on any atom is -0.466 e. The number of ether oxygens (including phenoxy) is 1. The molecule has 1 atom stereocenters. The van der Waals surface area contributed by atoms with E-state index in [2.05, 4.69) is 68.9 Å². The molecule has 0 radical (unpaired) electrons. The van der Waals surface area contributed by atoms with Crippen LogP contribution in [0, 0.1) is 0 Å². The number of halogens is 1. The Bertz CT molecular complexity index is 906. The molecular formula is C22H25BrN4O. The Kier molecular flexibility index (Phi) is 4.43. The van der Waals surface area contributed by atoms with Gasteiger partial charge in [-0.05, 0) is 38.1 Å². The van der Waals surface area contributed by atoms with Gasteiger partial charge < -0.3 is 9.64 Å². The van der Waals surface area contributed by atoms with E-state index in [1.54, 1.807) is 0 Å². The van der Waals surface area contributed by atoms with Crippen LogP contribution in [-0.4, -0.2) is 45.5 Å². The lowest BCUT2D eigenvalue weighted by Crippen LogP contribution is -2.59. The highest BCUT2D eigenvalue weighted by Gasteiger charge is 2.52. The van der Waals surface area contributed by atoms with Crippen LogP contribution < -0.4 is 4.74 Å². The summed E-state index contributed by atoms with van der Waals surface area (Å²) in [6, 6.07) is 11.2. The van der Waals surface area contributed by atoms with Crippen LogP contribution in [0.1, 0.15) is 50.3 Å². The van der Waals surface area contributed by atoms with Gasteiger partial charge in [-0.1, -0.05) is 22.0 Å². The number of piperidine rings is 1. The Morgan fingerprint density at radius 3 is 2.75 bits per heavy atom. The van der Waals surface area contributed by atoms with Crippen LogP contribution in [0.2, 0.25) is 0 Å². The fourth-order valence-corrected chi connectivity index (χ4v) is 5.06. The molecule has 1 aromatic heterocycles. The number of hydrogen-bond acceptors (Lipinski definition) is 5. The molecule has 0 bridgehead atoms. The Hall–Kier alpha value is -1.92. The zero-order chi connectivity index (χ0) is 19.3. The molecule has 0 amide bonds. The second kappa shape index (κ2) is 6.85. The van der Waals surface area contributed by atoms with Crippen LogP contribution in [-0.2, 0) is 0 Å². The van der Waals surface area contributed by atoms with Gasteiger partial charge in [0.2, 0.25) is 5.72 Å². The molecule has 2 aromatic rings. The summed E-state index contributed by atoms with van der Waals surface area (Å²) in [7, 11) is 0. The highest BCUT2D eigenvalue weighted by molar-refractivity contribution is 9.10. The van der Waals surface area contributed by atoms with E-state index >= 15 is 0 Å². The Labute approximate surface area is 174 Å². The van der Waals surface area contributed by atoms with Crippen molar-refractivity contribution in [3.8, 4) is 5.75 Å². The molecule has 0 unspecified atom stereocenters. The SMILES string of the molecule is CC(C)N1CCC2(CC1)Oc1ccc(Br)cc1[C@@H]1CC(c3cccnc3)=NN12. The second-order valence-corrected chi connectivity index (χ2v) is 9.13. The number of aromatic nitrogens is 1. The van der Waals surface area contributed by atoms with Gasteiger partial charge >= 0.3 is 0 Å². The zero-order valence-electron chi connectivity index (χ0n) is 16.3. The van der Waals surface area contributed by atoms with Crippen molar-refractivity contribution in [1.82, 2.24) is 14.9 Å². The van der Waals surface area contributed by atoms with Crippen LogP contribution in [0.25, 0.3) is 0 Å². The first-order chi connectivity index (χ1) is 13.6. The summed E-state index contributed by atoms with van der Waals surface area (Å²) in [6.45, 7) is 6.60. The van der Waals surface area contributed by atoms with E-state index in [1.165, 1.54) is 5.56 Å². The number of likely N-dealkylation sites (tertiary alicyclic amines) is 1. The second-order valence-electron chi connectivity index (χ2n) is 8.21. The quantitative estimate of drug-likeness (QED) is 0.684. The summed E-state index contributed by atoms with van der Waals surface area (Å²) in [6.07, 6.45) is 6.52. The number of hydrazone groups is 1. The monoisotopic (exact) mass is 440 g/mol. The predicted octanol–water partition coefficient (Wildman–Crippen LogP) is 4.59. The van der Waals surface area contributed by atoms with Gasteiger partial charge in [0, 0.05) is 66.4 Å². The first-order valence-corrected chi connectivity index (χ1v) is 10.8. The lowest BCUT2D eigenvalue weighted by molar-refractivity contribution is -0.152. The van der Waals surface area contributed by atoms with Crippen molar-refractivity contribution in [2.45, 2.75) is 50.9 Å². The van der Waals surface area contributed by atoms with Crippen LogP contribution in [0.5, 0.6) is 5.75 Å². The molecule has 1 aromatic carbocycles. The average Bonchev–Trinajstić information content (AvgIpc) is 3.17. The first-order valence-electron chi connectivity index (χ1n) is 10.1. The van der Waals surface area contributed by atoms with Gasteiger partial charge in [-0.15, -0.1) is 0 Å². The molecule has 0 aliphatic carbocycles. The summed E-state index contributed by atoms with van der Waals surface area (Å²) in [4.78, 5) is 6.82. The summed E-state index contributed by atoms with van der Waals surface area (Å²) in [5.74, 6) is 1.00. The largest absolute Gasteiger partial charge is 0.466 e. The lowest BCUT2D eigenvalue weighted by atomic mass is 9.90. The number of rotatable bonds is 2. The average molecular weight is 441 g/mol. The third-order valence-electron chi connectivity index (χ3n) is 6.26. The molecule has 28 heavy (non-hydrogen) atoms. The molecule has 5 nitrogen and oxygen atoms in total. The number of nitrogens with zero attached hydrogens (tertiary/aromatic N) is 4. The number of benzene rings is 1. The minimum atomic E-state index is -0.360. The van der Waals surface area contributed by atoms with E-state index in [4.69, 9.17) is 9.84 Å². The molecule has 4 heterocycles. The Balaban J connectivity index is 1.55. The van der Waals surface area contributed by atoms with Gasteiger partial charge in [0.25, 0.3) is 0 Å². The van der Waals surface area contributed by atoms with E-state index in [9.17, 15) is 0 Å². The first kappa shape index (κ1) is 18.1. The molecule has 1 fully saturated rings. The smallest absolute Gasteiger partial charge is 0.200 e. The standard InChI is InChI=1S/C22H25BrN4O/c1-15(2)26-10-7-22(8-11-26)27-20(18-12-17(23)5-6-21(18)28-22)13-19(25-27)16-4-3-9-24-14-16/h3-6,9,12,14-15,20H,7-8,10-11,13H2,1-2H3/t20-/m0/s1. The molecule has 1 spiro atoms. The molecule has 5 rings (SSSR count). The lowest BCUT2D eigenvalue weighted by Gasteiger charge is -2.51. The minimum absolute atomic E-state index is 0.210. The molecule has 0 saturated carbocycles. The van der Waals surface area contributed by atoms with Gasteiger partial charge in [0.1, 0.15) is 5.75 Å².